The zero-order chi connectivity index (χ0) is 26.2. The third kappa shape index (κ3) is 6.56. The Morgan fingerprint density at radius 1 is 1.03 bits per heavy atom. The van der Waals surface area contributed by atoms with Gasteiger partial charge in [-0.1, -0.05) is 48.5 Å². The minimum atomic E-state index is -0.637. The number of carbonyl (C=O) groups excluding carboxylic acids is 1. The van der Waals surface area contributed by atoms with E-state index >= 15 is 0 Å². The normalized spacial score (nSPS) is 14.7. The number of rotatable bonds is 3. The highest BCUT2D eigenvalue weighted by atomic mass is 19.1. The lowest BCUT2D eigenvalue weighted by molar-refractivity contribution is -0.114. The quantitative estimate of drug-likeness (QED) is 0.322. The van der Waals surface area contributed by atoms with Gasteiger partial charge in [0.2, 0.25) is 11.8 Å². The van der Waals surface area contributed by atoms with Gasteiger partial charge in [-0.05, 0) is 24.3 Å². The van der Waals surface area contributed by atoms with Crippen molar-refractivity contribution in [3.05, 3.63) is 95.3 Å². The molecule has 37 heavy (non-hydrogen) atoms. The van der Waals surface area contributed by atoms with Crippen molar-refractivity contribution in [3.63, 3.8) is 0 Å². The van der Waals surface area contributed by atoms with Gasteiger partial charge in [0.1, 0.15) is 12.4 Å². The van der Waals surface area contributed by atoms with Crippen molar-refractivity contribution in [2.45, 2.75) is 0 Å². The number of ether oxygens (including phenoxy) is 2. The predicted molar refractivity (Wildman–Crippen MR) is 141 cm³/mol. The van der Waals surface area contributed by atoms with Gasteiger partial charge in [-0.3, -0.25) is 20.6 Å². The van der Waals surface area contributed by atoms with Crippen LogP contribution in [-0.4, -0.2) is 56.4 Å². The number of benzodiazepines with no additional fused rings is 1. The van der Waals surface area contributed by atoms with Crippen LogP contribution in [0.4, 0.5) is 15.8 Å². The van der Waals surface area contributed by atoms with E-state index < -0.39 is 17.7 Å². The monoisotopic (exact) mass is 502 g/mol. The minimum Gasteiger partial charge on any atom is -0.407 e. The fraction of sp³-hybridized carbons (Fsp3) is 0.185. The van der Waals surface area contributed by atoms with Crippen molar-refractivity contribution in [2.24, 2.45) is 10.7 Å². The highest BCUT2D eigenvalue weighted by Crippen LogP contribution is 2.22. The van der Waals surface area contributed by atoms with Gasteiger partial charge in [-0.15, -0.1) is 0 Å². The molecule has 1 fully saturated rings. The van der Waals surface area contributed by atoms with Gasteiger partial charge in [-0.25, -0.2) is 4.39 Å². The molecule has 0 unspecified atom stereocenters. The summed E-state index contributed by atoms with van der Waals surface area (Å²) < 4.78 is 23.7. The van der Waals surface area contributed by atoms with Crippen molar-refractivity contribution >= 4 is 34.9 Å². The van der Waals surface area contributed by atoms with E-state index in [0.717, 1.165) is 28.2 Å². The van der Waals surface area contributed by atoms with E-state index in [1.165, 1.54) is 12.1 Å². The van der Waals surface area contributed by atoms with Crippen LogP contribution in [0.25, 0.3) is 0 Å². The average molecular weight is 503 g/mol. The van der Waals surface area contributed by atoms with Gasteiger partial charge in [-0.2, -0.15) is 0 Å². The van der Waals surface area contributed by atoms with E-state index in [9.17, 15) is 9.18 Å². The van der Waals surface area contributed by atoms with E-state index in [4.69, 9.17) is 21.3 Å². The second kappa shape index (κ2) is 11.9. The Morgan fingerprint density at radius 3 is 2.43 bits per heavy atom. The lowest BCUT2D eigenvalue weighted by Gasteiger charge is -2.29. The highest BCUT2D eigenvalue weighted by molar-refractivity contribution is 6.19. The Bertz CT molecular complexity index is 1320. The van der Waals surface area contributed by atoms with Crippen LogP contribution < -0.4 is 16.0 Å². The molecule has 0 aromatic heterocycles. The van der Waals surface area contributed by atoms with Crippen molar-refractivity contribution in [1.29, 1.82) is 10.8 Å². The molecule has 1 amide bonds. The van der Waals surface area contributed by atoms with E-state index in [-0.39, 0.29) is 18.0 Å². The van der Waals surface area contributed by atoms with Crippen LogP contribution in [0.2, 0.25) is 0 Å². The van der Waals surface area contributed by atoms with Crippen LogP contribution in [-0.2, 0) is 14.3 Å². The zero-order valence-electron chi connectivity index (χ0n) is 20.0. The second-order valence-corrected chi connectivity index (χ2v) is 8.18. The summed E-state index contributed by atoms with van der Waals surface area (Å²) >= 11 is 0. The molecule has 0 saturated carbocycles. The Labute approximate surface area is 213 Å². The Hall–Kier alpha value is -4.57. The average Bonchev–Trinajstić information content (AvgIpc) is 3.07. The molecule has 0 aliphatic carbocycles. The molecular weight excluding hydrogens is 475 g/mol. The first-order valence-corrected chi connectivity index (χ1v) is 11.6. The third-order valence-electron chi connectivity index (χ3n) is 5.67. The van der Waals surface area contributed by atoms with Crippen LogP contribution in [0.1, 0.15) is 16.7 Å². The van der Waals surface area contributed by atoms with Crippen LogP contribution in [0, 0.1) is 16.6 Å². The van der Waals surface area contributed by atoms with Crippen LogP contribution in [0.3, 0.4) is 0 Å². The van der Waals surface area contributed by atoms with Gasteiger partial charge in [0.05, 0.1) is 30.2 Å². The molecular formula is C27H27FN6O3. The number of hydrogen-bond acceptors (Lipinski definition) is 7. The van der Waals surface area contributed by atoms with Crippen LogP contribution >= 0.6 is 0 Å². The number of morpholine rings is 1. The molecule has 0 spiro atoms. The van der Waals surface area contributed by atoms with Crippen molar-refractivity contribution in [2.75, 3.05) is 43.1 Å². The standard InChI is InChI=1S/C15H12N2O.C12H15FN4O2/c18-14-10-16-15(11-6-2-1-3-7-11)12-8-4-5-9-13(12)17-14;13-10-7-8(17-3-5-18-6-4-17)1-2-9(10)11(14)19-12(15)16/h1-9H,10H2,(H,17,18);1-2,7,14H,3-6H2,(H3,15,16). The van der Waals surface area contributed by atoms with E-state index in [2.05, 4.69) is 15.0 Å². The first-order valence-electron chi connectivity index (χ1n) is 11.6. The number of nitrogens with zero attached hydrogens (tertiary/aromatic N) is 2. The number of hydrogen-bond donors (Lipinski definition) is 4. The van der Waals surface area contributed by atoms with Crippen LogP contribution in [0.5, 0.6) is 0 Å². The molecule has 190 valence electrons. The van der Waals surface area contributed by atoms with Gasteiger partial charge in [0.15, 0.2) is 0 Å². The maximum absolute atomic E-state index is 13.9. The van der Waals surface area contributed by atoms with Gasteiger partial charge >= 0.3 is 0 Å². The molecule has 0 bridgehead atoms. The molecule has 5 N–H and O–H groups in total. The van der Waals surface area contributed by atoms with Gasteiger partial charge in [0, 0.05) is 29.9 Å². The lowest BCUT2D eigenvalue weighted by atomic mass is 10.0. The number of amides is 1. The van der Waals surface area contributed by atoms with E-state index in [1.807, 2.05) is 59.5 Å². The number of benzene rings is 3. The first kappa shape index (κ1) is 25.5. The predicted octanol–water partition coefficient (Wildman–Crippen LogP) is 3.37. The van der Waals surface area contributed by atoms with Crippen molar-refractivity contribution in [1.82, 2.24) is 0 Å². The molecule has 5 rings (SSSR count). The SMILES string of the molecule is N=C(N)OC(=N)c1ccc(N2CCOCC2)cc1F.O=C1CN=C(c2ccccc2)c2ccccc2N1. The summed E-state index contributed by atoms with van der Waals surface area (Å²) in [6.07, 6.45) is 0. The zero-order valence-corrected chi connectivity index (χ0v) is 20.0. The molecule has 10 heteroatoms. The number of carbonyl (C=O) groups is 1. The number of fused-ring (bicyclic) bond motifs is 1. The summed E-state index contributed by atoms with van der Waals surface area (Å²) in [6.45, 7) is 2.82. The molecule has 1 saturated heterocycles. The Morgan fingerprint density at radius 2 is 1.73 bits per heavy atom. The maximum Gasteiger partial charge on any atom is 0.285 e. The summed E-state index contributed by atoms with van der Waals surface area (Å²) in [6, 6.07) is 21.5. The fourth-order valence-electron chi connectivity index (χ4n) is 3.94. The number of para-hydroxylation sites is 1. The number of nitrogens with one attached hydrogen (secondary N) is 3. The molecule has 2 aliphatic heterocycles. The molecule has 2 heterocycles. The van der Waals surface area contributed by atoms with Crippen molar-refractivity contribution in [3.8, 4) is 0 Å². The topological polar surface area (TPSA) is 137 Å². The van der Waals surface area contributed by atoms with Crippen LogP contribution in [0.15, 0.2) is 77.8 Å². The molecule has 0 radical (unpaired) electrons. The summed E-state index contributed by atoms with van der Waals surface area (Å²) in [5, 5.41) is 17.3. The van der Waals surface area contributed by atoms with Gasteiger partial charge in [0.25, 0.3) is 6.02 Å². The number of aliphatic imine (C=N–C) groups is 1. The smallest absolute Gasteiger partial charge is 0.285 e. The van der Waals surface area contributed by atoms with Crippen molar-refractivity contribution < 1.29 is 18.7 Å². The lowest BCUT2D eigenvalue weighted by Crippen LogP contribution is -2.36. The Balaban J connectivity index is 0.000000173. The number of nitrogens with two attached hydrogens (primary N) is 1. The number of anilines is 2. The molecule has 9 nitrogen and oxygen atoms in total. The summed E-state index contributed by atoms with van der Waals surface area (Å²) in [4.78, 5) is 18.0. The van der Waals surface area contributed by atoms with E-state index in [1.54, 1.807) is 6.07 Å². The number of halogens is 1. The highest BCUT2D eigenvalue weighted by Gasteiger charge is 2.17. The fourth-order valence-corrected chi connectivity index (χ4v) is 3.94. The molecule has 3 aromatic carbocycles. The van der Waals surface area contributed by atoms with E-state index in [0.29, 0.717) is 26.3 Å². The molecule has 0 atom stereocenters. The largest absolute Gasteiger partial charge is 0.407 e. The summed E-state index contributed by atoms with van der Waals surface area (Å²) in [5.41, 5.74) is 9.40. The molecule has 2 aliphatic rings. The molecule has 3 aromatic rings. The minimum absolute atomic E-state index is 0.0211. The maximum atomic E-state index is 13.9. The van der Waals surface area contributed by atoms with Gasteiger partial charge < -0.3 is 25.4 Å². The third-order valence-corrected chi connectivity index (χ3v) is 5.67. The summed E-state index contributed by atoms with van der Waals surface area (Å²) in [7, 11) is 0. The Kier molecular flexibility index (Phi) is 8.22. The second-order valence-electron chi connectivity index (χ2n) is 8.18. The first-order chi connectivity index (χ1) is 17.9. The summed E-state index contributed by atoms with van der Waals surface area (Å²) in [5.74, 6) is -1.12. The number of amidine groups is 1.